The number of imidazole rings is 2. The molecule has 0 radical (unpaired) electrons. The van der Waals surface area contributed by atoms with Gasteiger partial charge in [-0.2, -0.15) is 22.0 Å². The summed E-state index contributed by atoms with van der Waals surface area (Å²) in [6, 6.07) is 14.2. The second kappa shape index (κ2) is 13.7. The average molecular weight is 710 g/mol. The van der Waals surface area contributed by atoms with Crippen LogP contribution in [-0.4, -0.2) is 50.5 Å². The smallest absolute Gasteiger partial charge is 0.368 e. The van der Waals surface area contributed by atoms with Crippen molar-refractivity contribution in [2.45, 2.75) is 76.9 Å². The number of alkyl halides is 5. The highest BCUT2D eigenvalue weighted by molar-refractivity contribution is 6.02. The number of nitrogens with one attached hydrogen (secondary N) is 2. The van der Waals surface area contributed by atoms with E-state index in [2.05, 4.69) is 34.9 Å². The van der Waals surface area contributed by atoms with Gasteiger partial charge in [-0.1, -0.05) is 38.1 Å². The van der Waals surface area contributed by atoms with Gasteiger partial charge in [0.1, 0.15) is 11.9 Å². The highest BCUT2D eigenvalue weighted by atomic mass is 19.4. The molecule has 0 saturated heterocycles. The number of aromatic amines is 2. The minimum absolute atomic E-state index is 0.0209. The van der Waals surface area contributed by atoms with Crippen molar-refractivity contribution >= 4 is 39.6 Å². The van der Waals surface area contributed by atoms with E-state index in [1.54, 1.807) is 0 Å². The van der Waals surface area contributed by atoms with Crippen LogP contribution >= 0.6 is 0 Å². The van der Waals surface area contributed by atoms with Gasteiger partial charge in [0.2, 0.25) is 11.8 Å². The van der Waals surface area contributed by atoms with Gasteiger partial charge >= 0.3 is 12.1 Å². The van der Waals surface area contributed by atoms with Crippen LogP contribution in [0.25, 0.3) is 33.2 Å². The number of rotatable bonds is 10. The van der Waals surface area contributed by atoms with Gasteiger partial charge in [-0.15, -0.1) is 0 Å². The van der Waals surface area contributed by atoms with Gasteiger partial charge in [-0.3, -0.25) is 14.5 Å². The van der Waals surface area contributed by atoms with Crippen molar-refractivity contribution in [1.82, 2.24) is 19.9 Å². The lowest BCUT2D eigenvalue weighted by Crippen LogP contribution is -2.52. The van der Waals surface area contributed by atoms with Gasteiger partial charge in [0.25, 0.3) is 0 Å². The molecule has 0 unspecified atom stereocenters. The molecule has 0 bridgehead atoms. The van der Waals surface area contributed by atoms with Crippen molar-refractivity contribution in [3.05, 3.63) is 77.4 Å². The third-order valence-electron chi connectivity index (χ3n) is 9.89. The van der Waals surface area contributed by atoms with Gasteiger partial charge in [-0.05, 0) is 97.7 Å². The van der Waals surface area contributed by atoms with Crippen LogP contribution in [0.1, 0.15) is 68.2 Å². The lowest BCUT2D eigenvalue weighted by Gasteiger charge is -2.35. The Morgan fingerprint density at radius 1 is 0.902 bits per heavy atom. The lowest BCUT2D eigenvalue weighted by molar-refractivity contribution is -0.292. The molecule has 270 valence electrons. The Balaban J connectivity index is 1.34. The molecule has 2 amide bonds. The molecule has 5 aromatic rings. The van der Waals surface area contributed by atoms with Crippen LogP contribution in [-0.2, 0) is 21.9 Å². The number of nitrogens with zero attached hydrogens (tertiary/aromatic N) is 3. The Bertz CT molecular complexity index is 2060. The Kier molecular flexibility index (Phi) is 9.66. The van der Waals surface area contributed by atoms with E-state index in [0.29, 0.717) is 37.8 Å². The normalized spacial score (nSPS) is 17.7. The number of benzene rings is 3. The summed E-state index contributed by atoms with van der Waals surface area (Å²) in [5, 5.41) is 0. The van der Waals surface area contributed by atoms with Crippen LogP contribution < -0.4 is 16.4 Å². The zero-order valence-electron chi connectivity index (χ0n) is 28.5. The first kappa shape index (κ1) is 36.0. The molecular weight excluding hydrogens is 669 g/mol. The fourth-order valence-corrected chi connectivity index (χ4v) is 6.87. The van der Waals surface area contributed by atoms with Crippen LogP contribution in [0, 0.1) is 18.8 Å². The van der Waals surface area contributed by atoms with E-state index in [4.69, 9.17) is 16.5 Å². The first-order chi connectivity index (χ1) is 24.1. The summed E-state index contributed by atoms with van der Waals surface area (Å²) >= 11 is 0. The van der Waals surface area contributed by atoms with E-state index < -0.39 is 41.7 Å². The number of hydrogen-bond donors (Lipinski definition) is 4. The van der Waals surface area contributed by atoms with Crippen LogP contribution in [0.3, 0.4) is 0 Å². The number of anilines is 1. The Morgan fingerprint density at radius 3 is 2.18 bits per heavy atom. The summed E-state index contributed by atoms with van der Waals surface area (Å²) in [7, 11) is 0. The largest absolute Gasteiger partial charge is 0.461 e. The van der Waals surface area contributed by atoms with Crippen LogP contribution in [0.15, 0.2) is 54.6 Å². The first-order valence-corrected chi connectivity index (χ1v) is 16.9. The fraction of sp³-hybridized carbons (Fsp3) is 0.405. The van der Waals surface area contributed by atoms with E-state index in [1.165, 1.54) is 23.1 Å². The number of aryl methyl sites for hydroxylation is 1. The summed E-state index contributed by atoms with van der Waals surface area (Å²) in [5.74, 6) is -7.09. The Labute approximate surface area is 291 Å². The minimum atomic E-state index is -5.87. The van der Waals surface area contributed by atoms with Gasteiger partial charge in [0, 0.05) is 23.9 Å². The molecule has 1 aliphatic carbocycles. The molecule has 1 saturated carbocycles. The van der Waals surface area contributed by atoms with Crippen LogP contribution in [0.4, 0.5) is 27.6 Å². The molecule has 6 N–H and O–H groups in total. The molecule has 0 spiro atoms. The Morgan fingerprint density at radius 2 is 1.57 bits per heavy atom. The maximum Gasteiger partial charge on any atom is 0.461 e. The van der Waals surface area contributed by atoms with Crippen LogP contribution in [0.5, 0.6) is 0 Å². The first-order valence-electron chi connectivity index (χ1n) is 16.9. The van der Waals surface area contributed by atoms with Gasteiger partial charge in [0.15, 0.2) is 5.82 Å². The number of primary amides is 1. The molecule has 51 heavy (non-hydrogen) atoms. The molecule has 2 aromatic heterocycles. The SMILES string of the molecule is Cc1cc2[nH]c(C(C)C)nc2cc1-c1ccc(C[C@@H](C(N)=O)N(C(=O)C2CCC(CN)CC2)c2ccc3nc(C(F)(F)C(F)(F)F)[nH]c3c2)cc1. The molecule has 9 nitrogen and oxygen atoms in total. The molecule has 0 aliphatic heterocycles. The molecule has 3 aromatic carbocycles. The molecule has 6 rings (SSSR count). The predicted octanol–water partition coefficient (Wildman–Crippen LogP) is 7.39. The zero-order chi connectivity index (χ0) is 36.8. The zero-order valence-corrected chi connectivity index (χ0v) is 28.5. The molecule has 1 aliphatic rings. The standard InChI is InChI=1S/C37H40F5N7O2/c1-19(2)33-45-28-14-20(3)26(17-30(28)46-33)23-8-4-21(5-9-23)15-31(32(44)50)49(34(51)24-10-6-22(18-43)7-11-24)25-12-13-27-29(16-25)48-35(47-27)36(38,39)37(40,41)42/h4-5,8-9,12-14,16-17,19,22,24,31H,6-7,10-11,15,18,43H2,1-3H3,(H2,44,50)(H,45,46)(H,47,48)/t22?,24?,31-/m0/s1. The number of aromatic nitrogens is 4. The number of hydrogen-bond acceptors (Lipinski definition) is 5. The van der Waals surface area contributed by atoms with Gasteiger partial charge < -0.3 is 21.4 Å². The number of nitrogens with two attached hydrogens (primary N) is 2. The number of halogens is 5. The number of fused-ring (bicyclic) bond motifs is 2. The number of amides is 2. The topological polar surface area (TPSA) is 147 Å². The van der Waals surface area contributed by atoms with Crippen molar-refractivity contribution in [2.24, 2.45) is 23.3 Å². The molecule has 1 atom stereocenters. The van der Waals surface area contributed by atoms with Crippen molar-refractivity contribution in [3.63, 3.8) is 0 Å². The third-order valence-corrected chi connectivity index (χ3v) is 9.89. The molecular formula is C37H40F5N7O2. The maximum absolute atomic E-state index is 14.3. The maximum atomic E-state index is 14.3. The summed E-state index contributed by atoms with van der Waals surface area (Å²) < 4.78 is 67.7. The number of H-pyrrole nitrogens is 2. The van der Waals surface area contributed by atoms with Gasteiger partial charge in [-0.25, -0.2) is 9.97 Å². The molecule has 14 heteroatoms. The van der Waals surface area contributed by atoms with Crippen molar-refractivity contribution in [3.8, 4) is 11.1 Å². The lowest BCUT2D eigenvalue weighted by atomic mass is 9.81. The van der Waals surface area contributed by atoms with E-state index in [0.717, 1.165) is 33.5 Å². The van der Waals surface area contributed by atoms with E-state index in [1.807, 2.05) is 37.3 Å². The highest BCUT2D eigenvalue weighted by Gasteiger charge is 2.61. The summed E-state index contributed by atoms with van der Waals surface area (Å²) in [4.78, 5) is 42.4. The third kappa shape index (κ3) is 7.06. The van der Waals surface area contributed by atoms with Crippen molar-refractivity contribution in [1.29, 1.82) is 0 Å². The van der Waals surface area contributed by atoms with Crippen LogP contribution in [0.2, 0.25) is 0 Å². The summed E-state index contributed by atoms with van der Waals surface area (Å²) in [6.45, 7) is 6.63. The van der Waals surface area contributed by atoms with E-state index in [-0.39, 0.29) is 35.0 Å². The second-order valence-corrected chi connectivity index (χ2v) is 13.8. The van der Waals surface area contributed by atoms with E-state index in [9.17, 15) is 31.5 Å². The quantitative estimate of drug-likeness (QED) is 0.112. The fourth-order valence-electron chi connectivity index (χ4n) is 6.87. The number of carbonyl (C=O) groups is 2. The van der Waals surface area contributed by atoms with E-state index >= 15 is 0 Å². The summed E-state index contributed by atoms with van der Waals surface area (Å²) in [5.41, 5.74) is 17.0. The van der Waals surface area contributed by atoms with Crippen molar-refractivity contribution < 1.29 is 31.5 Å². The molecule has 2 heterocycles. The monoisotopic (exact) mass is 709 g/mol. The number of carbonyl (C=O) groups excluding carboxylic acids is 2. The molecule has 1 fully saturated rings. The Hall–Kier alpha value is -4.85. The second-order valence-electron chi connectivity index (χ2n) is 13.8. The summed E-state index contributed by atoms with van der Waals surface area (Å²) in [6.07, 6.45) is -3.40. The average Bonchev–Trinajstić information content (AvgIpc) is 3.72. The van der Waals surface area contributed by atoms with Gasteiger partial charge in [0.05, 0.1) is 22.1 Å². The predicted molar refractivity (Wildman–Crippen MR) is 185 cm³/mol. The van der Waals surface area contributed by atoms with Crippen molar-refractivity contribution in [2.75, 3.05) is 11.4 Å². The highest BCUT2D eigenvalue weighted by Crippen LogP contribution is 2.43. The minimum Gasteiger partial charge on any atom is -0.368 e.